The average Bonchev–Trinajstić information content (AvgIpc) is 2.91. The summed E-state index contributed by atoms with van der Waals surface area (Å²) in [7, 11) is 0. The normalized spacial score (nSPS) is 13.9. The number of nitrogens with zero attached hydrogens (tertiary/aromatic N) is 2. The molecule has 0 saturated carbocycles. The van der Waals surface area contributed by atoms with Gasteiger partial charge in [0.05, 0.1) is 26.4 Å². The van der Waals surface area contributed by atoms with E-state index in [1.165, 1.54) is 12.1 Å². The van der Waals surface area contributed by atoms with E-state index in [1.54, 1.807) is 6.20 Å². The SMILES string of the molecule is CCOc1ccc(-c2ccc(CC(=O)CCc3cc(F)cc(OCCCN4CCOCC4)c3)nc2)cc1. The Balaban J connectivity index is 1.22. The molecule has 2 aromatic carbocycles. The van der Waals surface area contributed by atoms with E-state index < -0.39 is 0 Å². The second-order valence-corrected chi connectivity index (χ2v) is 9.16. The molecule has 0 radical (unpaired) electrons. The maximum atomic E-state index is 14.1. The number of pyridine rings is 1. The van der Waals surface area contributed by atoms with E-state index in [9.17, 15) is 9.18 Å². The number of carbonyl (C=O) groups excluding carboxylic acids is 1. The maximum Gasteiger partial charge on any atom is 0.139 e. The minimum atomic E-state index is -0.348. The van der Waals surface area contributed by atoms with Crippen molar-refractivity contribution in [3.05, 3.63) is 77.9 Å². The van der Waals surface area contributed by atoms with Crippen molar-refractivity contribution in [3.8, 4) is 22.6 Å². The first-order valence-electron chi connectivity index (χ1n) is 13.0. The van der Waals surface area contributed by atoms with Gasteiger partial charge in [0.2, 0.25) is 0 Å². The zero-order chi connectivity index (χ0) is 25.9. The number of hydrogen-bond donors (Lipinski definition) is 0. The molecule has 0 bridgehead atoms. The Labute approximate surface area is 218 Å². The lowest BCUT2D eigenvalue weighted by atomic mass is 10.0. The highest BCUT2D eigenvalue weighted by Crippen LogP contribution is 2.22. The summed E-state index contributed by atoms with van der Waals surface area (Å²) < 4.78 is 30.8. The van der Waals surface area contributed by atoms with Gasteiger partial charge in [-0.1, -0.05) is 18.2 Å². The molecule has 0 spiro atoms. The molecule has 1 aliphatic heterocycles. The summed E-state index contributed by atoms with van der Waals surface area (Å²) in [4.78, 5) is 19.4. The summed E-state index contributed by atoms with van der Waals surface area (Å²) in [5.41, 5.74) is 3.51. The number of morpholine rings is 1. The first kappa shape index (κ1) is 26.8. The quantitative estimate of drug-likeness (QED) is 0.300. The molecule has 3 aromatic rings. The third-order valence-electron chi connectivity index (χ3n) is 6.32. The standard InChI is InChI=1S/C30H35FN2O4/c1-2-36-29-10-6-24(7-11-29)25-5-8-27(32-22-25)21-28(34)9-4-23-18-26(31)20-30(19-23)37-15-3-12-33-13-16-35-17-14-33/h5-8,10-11,18-20,22H,2-4,9,12-17,21H2,1H3. The van der Waals surface area contributed by atoms with Crippen molar-refractivity contribution in [2.45, 2.75) is 32.6 Å². The fourth-order valence-electron chi connectivity index (χ4n) is 4.34. The number of benzene rings is 2. The van der Waals surface area contributed by atoms with Crippen molar-refractivity contribution in [2.75, 3.05) is 46.1 Å². The van der Waals surface area contributed by atoms with Gasteiger partial charge in [-0.05, 0) is 61.2 Å². The first-order valence-corrected chi connectivity index (χ1v) is 13.0. The fraction of sp³-hybridized carbons (Fsp3) is 0.400. The summed E-state index contributed by atoms with van der Waals surface area (Å²) >= 11 is 0. The molecule has 37 heavy (non-hydrogen) atoms. The average molecular weight is 507 g/mol. The lowest BCUT2D eigenvalue weighted by molar-refractivity contribution is -0.118. The van der Waals surface area contributed by atoms with E-state index in [0.29, 0.717) is 31.8 Å². The predicted octanol–water partition coefficient (Wildman–Crippen LogP) is 5.13. The van der Waals surface area contributed by atoms with Crippen LogP contribution in [0, 0.1) is 5.82 Å². The number of ketones is 1. The summed E-state index contributed by atoms with van der Waals surface area (Å²) in [6.07, 6.45) is 3.69. The third-order valence-corrected chi connectivity index (χ3v) is 6.32. The number of rotatable bonds is 13. The van der Waals surface area contributed by atoms with E-state index in [1.807, 2.05) is 49.4 Å². The van der Waals surface area contributed by atoms with Crippen LogP contribution in [0.1, 0.15) is 31.0 Å². The van der Waals surface area contributed by atoms with Gasteiger partial charge < -0.3 is 14.2 Å². The Kier molecular flexibility index (Phi) is 10.0. The highest BCUT2D eigenvalue weighted by molar-refractivity contribution is 5.80. The van der Waals surface area contributed by atoms with Crippen molar-refractivity contribution in [1.82, 2.24) is 9.88 Å². The van der Waals surface area contributed by atoms with E-state index in [-0.39, 0.29) is 18.0 Å². The highest BCUT2D eigenvalue weighted by Gasteiger charge is 2.11. The molecule has 1 saturated heterocycles. The van der Waals surface area contributed by atoms with Crippen LogP contribution in [0.15, 0.2) is 60.8 Å². The van der Waals surface area contributed by atoms with Crippen LogP contribution >= 0.6 is 0 Å². The molecule has 0 amide bonds. The fourth-order valence-corrected chi connectivity index (χ4v) is 4.34. The van der Waals surface area contributed by atoms with E-state index >= 15 is 0 Å². The van der Waals surface area contributed by atoms with Crippen molar-refractivity contribution < 1.29 is 23.4 Å². The van der Waals surface area contributed by atoms with Gasteiger partial charge in [0.1, 0.15) is 23.1 Å². The van der Waals surface area contributed by atoms with E-state index in [4.69, 9.17) is 14.2 Å². The molecule has 0 atom stereocenters. The third kappa shape index (κ3) is 8.65. The minimum Gasteiger partial charge on any atom is -0.494 e. The lowest BCUT2D eigenvalue weighted by Gasteiger charge is -2.26. The van der Waals surface area contributed by atoms with Gasteiger partial charge in [0.25, 0.3) is 0 Å². The molecule has 0 aliphatic carbocycles. The summed E-state index contributed by atoms with van der Waals surface area (Å²) in [6, 6.07) is 16.4. The summed E-state index contributed by atoms with van der Waals surface area (Å²) in [5, 5.41) is 0. The van der Waals surface area contributed by atoms with Gasteiger partial charge in [0.15, 0.2) is 0 Å². The molecule has 196 valence electrons. The number of aryl methyl sites for hydroxylation is 1. The summed E-state index contributed by atoms with van der Waals surface area (Å²) in [5.74, 6) is 1.07. The molecular formula is C30H35FN2O4. The van der Waals surface area contributed by atoms with Crippen molar-refractivity contribution in [3.63, 3.8) is 0 Å². The molecular weight excluding hydrogens is 471 g/mol. The Hall–Kier alpha value is -3.29. The molecule has 1 fully saturated rings. The molecule has 7 heteroatoms. The first-order chi connectivity index (χ1) is 18.1. The second-order valence-electron chi connectivity index (χ2n) is 9.16. The molecule has 0 N–H and O–H groups in total. The van der Waals surface area contributed by atoms with E-state index in [2.05, 4.69) is 9.88 Å². The van der Waals surface area contributed by atoms with Crippen LogP contribution in [-0.2, 0) is 22.4 Å². The van der Waals surface area contributed by atoms with Crippen LogP contribution in [0.2, 0.25) is 0 Å². The number of ether oxygens (including phenoxy) is 3. The van der Waals surface area contributed by atoms with Crippen LogP contribution in [0.3, 0.4) is 0 Å². The van der Waals surface area contributed by atoms with Crippen LogP contribution in [-0.4, -0.2) is 61.7 Å². The smallest absolute Gasteiger partial charge is 0.139 e. The van der Waals surface area contributed by atoms with Gasteiger partial charge >= 0.3 is 0 Å². The zero-order valence-electron chi connectivity index (χ0n) is 21.5. The minimum absolute atomic E-state index is 0.0681. The molecule has 6 nitrogen and oxygen atoms in total. The number of carbonyl (C=O) groups is 1. The van der Waals surface area contributed by atoms with Gasteiger partial charge in [-0.15, -0.1) is 0 Å². The lowest BCUT2D eigenvalue weighted by Crippen LogP contribution is -2.37. The number of hydrogen-bond acceptors (Lipinski definition) is 6. The molecule has 1 aliphatic rings. The van der Waals surface area contributed by atoms with Crippen molar-refractivity contribution in [1.29, 1.82) is 0 Å². The molecule has 2 heterocycles. The largest absolute Gasteiger partial charge is 0.494 e. The van der Waals surface area contributed by atoms with Crippen LogP contribution in [0.5, 0.6) is 11.5 Å². The molecule has 4 rings (SSSR count). The molecule has 0 unspecified atom stereocenters. The Morgan fingerprint density at radius 1 is 1.00 bits per heavy atom. The summed E-state index contributed by atoms with van der Waals surface area (Å²) in [6.45, 7) is 7.49. The number of Topliss-reactive ketones (excluding diaryl/α,β-unsaturated/α-hetero) is 1. The van der Waals surface area contributed by atoms with Gasteiger partial charge in [-0.2, -0.15) is 0 Å². The van der Waals surface area contributed by atoms with Crippen LogP contribution < -0.4 is 9.47 Å². The topological polar surface area (TPSA) is 60.9 Å². The molecule has 1 aromatic heterocycles. The van der Waals surface area contributed by atoms with Gasteiger partial charge in [-0.3, -0.25) is 14.7 Å². The van der Waals surface area contributed by atoms with Crippen molar-refractivity contribution in [2.24, 2.45) is 0 Å². The monoisotopic (exact) mass is 506 g/mol. The van der Waals surface area contributed by atoms with E-state index in [0.717, 1.165) is 67.4 Å². The van der Waals surface area contributed by atoms with Crippen molar-refractivity contribution >= 4 is 5.78 Å². The van der Waals surface area contributed by atoms with Crippen LogP contribution in [0.4, 0.5) is 4.39 Å². The Morgan fingerprint density at radius 2 is 1.78 bits per heavy atom. The van der Waals surface area contributed by atoms with Gasteiger partial charge in [-0.25, -0.2) is 4.39 Å². The number of aromatic nitrogens is 1. The second kappa shape index (κ2) is 13.9. The Morgan fingerprint density at radius 3 is 2.51 bits per heavy atom. The highest BCUT2D eigenvalue weighted by atomic mass is 19.1. The number of halogens is 1. The van der Waals surface area contributed by atoms with Crippen LogP contribution in [0.25, 0.3) is 11.1 Å². The zero-order valence-corrected chi connectivity index (χ0v) is 21.5. The van der Waals surface area contributed by atoms with Gasteiger partial charge in [0, 0.05) is 56.0 Å². The maximum absolute atomic E-state index is 14.1. The predicted molar refractivity (Wildman–Crippen MR) is 142 cm³/mol. The Bertz CT molecular complexity index is 1130.